The average molecular weight is 358 g/mol. The third-order valence-corrected chi connectivity index (χ3v) is 5.84. The van der Waals surface area contributed by atoms with Gasteiger partial charge in [-0.1, -0.05) is 0 Å². The summed E-state index contributed by atoms with van der Waals surface area (Å²) in [6.07, 6.45) is 1.11. The van der Waals surface area contributed by atoms with Gasteiger partial charge in [0.25, 0.3) is 0 Å². The summed E-state index contributed by atoms with van der Waals surface area (Å²) in [5.41, 5.74) is 1.30. The minimum atomic E-state index is -3.29. The van der Waals surface area contributed by atoms with Gasteiger partial charge in [0, 0.05) is 44.9 Å². The summed E-state index contributed by atoms with van der Waals surface area (Å²) in [6, 6.07) is 2.13. The Bertz CT molecular complexity index is 644. The number of sulfone groups is 1. The summed E-state index contributed by atoms with van der Waals surface area (Å²) in [6.45, 7) is 4.40. The smallest absolute Gasteiger partial charge is 0.237 e. The van der Waals surface area contributed by atoms with Gasteiger partial charge in [0.2, 0.25) is 5.91 Å². The van der Waals surface area contributed by atoms with Crippen LogP contribution in [0.25, 0.3) is 0 Å². The molecule has 0 radical (unpaired) electrons. The van der Waals surface area contributed by atoms with Gasteiger partial charge in [0.1, 0.15) is 5.75 Å². The molecule has 2 fully saturated rings. The van der Waals surface area contributed by atoms with Crippen molar-refractivity contribution in [1.29, 1.82) is 0 Å². The Kier molecular flexibility index (Phi) is 5.05. The molecule has 2 aliphatic rings. The summed E-state index contributed by atoms with van der Waals surface area (Å²) in [5.74, 6) is -0.473. The second-order valence-electron chi connectivity index (χ2n) is 6.40. The highest BCUT2D eigenvalue weighted by atomic mass is 32.2. The normalized spacial score (nSPS) is 26.0. The van der Waals surface area contributed by atoms with E-state index in [2.05, 4.69) is 21.7 Å². The number of thiophene rings is 1. The molecule has 0 aromatic carbocycles. The fourth-order valence-electron chi connectivity index (χ4n) is 3.27. The number of hydrogen-bond acceptors (Lipinski definition) is 6. The topological polar surface area (TPSA) is 66.9 Å². The van der Waals surface area contributed by atoms with E-state index in [1.165, 1.54) is 5.56 Å². The highest BCUT2D eigenvalue weighted by molar-refractivity contribution is 7.91. The maximum Gasteiger partial charge on any atom is 0.237 e. The SMILES string of the molecule is CS(=O)(=O)CC(=O)N1C[C@@H]2CN(Cc3ccsc3)CCO[C@@H]2C1. The van der Waals surface area contributed by atoms with Crippen molar-refractivity contribution in [1.82, 2.24) is 9.80 Å². The Morgan fingerprint density at radius 2 is 2.22 bits per heavy atom. The van der Waals surface area contributed by atoms with Crippen molar-refractivity contribution in [3.05, 3.63) is 22.4 Å². The predicted octanol–water partition coefficient (Wildman–Crippen LogP) is 0.452. The Morgan fingerprint density at radius 1 is 1.39 bits per heavy atom. The average Bonchev–Trinajstić information content (AvgIpc) is 3.04. The highest BCUT2D eigenvalue weighted by Crippen LogP contribution is 2.25. The monoisotopic (exact) mass is 358 g/mol. The fraction of sp³-hybridized carbons (Fsp3) is 0.667. The Hall–Kier alpha value is -0.960. The molecular formula is C15H22N2O4S2. The summed E-state index contributed by atoms with van der Waals surface area (Å²) >= 11 is 1.69. The van der Waals surface area contributed by atoms with E-state index in [0.717, 1.165) is 25.9 Å². The largest absolute Gasteiger partial charge is 0.375 e. The highest BCUT2D eigenvalue weighted by Gasteiger charge is 2.38. The number of carbonyl (C=O) groups excluding carboxylic acids is 1. The van der Waals surface area contributed by atoms with Gasteiger partial charge in [0.05, 0.1) is 12.7 Å². The standard InChI is InChI=1S/C15H22N2O4S2/c1-23(19,20)11-15(18)17-8-13-7-16(3-4-21-14(13)9-17)6-12-2-5-22-10-12/h2,5,10,13-14H,3-4,6-9,11H2,1H3/t13-,14+/m0/s1. The lowest BCUT2D eigenvalue weighted by Gasteiger charge is -2.23. The van der Waals surface area contributed by atoms with Gasteiger partial charge in [0.15, 0.2) is 9.84 Å². The number of likely N-dealkylation sites (tertiary alicyclic amines) is 1. The van der Waals surface area contributed by atoms with Gasteiger partial charge in [-0.05, 0) is 22.4 Å². The lowest BCUT2D eigenvalue weighted by atomic mass is 10.1. The summed E-state index contributed by atoms with van der Waals surface area (Å²) in [7, 11) is -3.29. The molecule has 3 rings (SSSR count). The second kappa shape index (κ2) is 6.88. The van der Waals surface area contributed by atoms with Crippen molar-refractivity contribution in [2.75, 3.05) is 44.8 Å². The van der Waals surface area contributed by atoms with Crippen LogP contribution in [0, 0.1) is 5.92 Å². The van der Waals surface area contributed by atoms with Crippen molar-refractivity contribution in [2.24, 2.45) is 5.92 Å². The molecule has 0 aliphatic carbocycles. The van der Waals surface area contributed by atoms with E-state index in [9.17, 15) is 13.2 Å². The van der Waals surface area contributed by atoms with Crippen LogP contribution in [0.15, 0.2) is 16.8 Å². The summed E-state index contributed by atoms with van der Waals surface area (Å²) in [5, 5.41) is 4.23. The van der Waals surface area contributed by atoms with E-state index in [4.69, 9.17) is 4.74 Å². The van der Waals surface area contributed by atoms with Crippen LogP contribution in [0.3, 0.4) is 0 Å². The van der Waals surface area contributed by atoms with E-state index in [-0.39, 0.29) is 17.9 Å². The second-order valence-corrected chi connectivity index (χ2v) is 9.33. The maximum absolute atomic E-state index is 12.1. The first-order valence-corrected chi connectivity index (χ1v) is 10.7. The number of nitrogens with zero attached hydrogens (tertiary/aromatic N) is 2. The number of ether oxygens (including phenoxy) is 1. The van der Waals surface area contributed by atoms with Crippen LogP contribution in [0.5, 0.6) is 0 Å². The zero-order valence-electron chi connectivity index (χ0n) is 13.2. The summed E-state index contributed by atoms with van der Waals surface area (Å²) in [4.78, 5) is 16.1. The van der Waals surface area contributed by atoms with Gasteiger partial charge >= 0.3 is 0 Å². The molecule has 8 heteroatoms. The van der Waals surface area contributed by atoms with Crippen LogP contribution in [0.1, 0.15) is 5.56 Å². The van der Waals surface area contributed by atoms with Crippen LogP contribution in [0.4, 0.5) is 0 Å². The molecule has 0 spiro atoms. The molecule has 0 N–H and O–H groups in total. The molecule has 2 atom stereocenters. The molecule has 3 heterocycles. The number of carbonyl (C=O) groups is 1. The molecule has 1 aromatic rings. The molecule has 1 aromatic heterocycles. The zero-order chi connectivity index (χ0) is 16.4. The van der Waals surface area contributed by atoms with E-state index in [1.54, 1.807) is 16.2 Å². The number of hydrogen-bond donors (Lipinski definition) is 0. The molecule has 1 amide bonds. The third kappa shape index (κ3) is 4.53. The molecule has 0 saturated carbocycles. The van der Waals surface area contributed by atoms with Gasteiger partial charge in [-0.3, -0.25) is 9.69 Å². The van der Waals surface area contributed by atoms with Crippen LogP contribution in [-0.2, 0) is 25.9 Å². The van der Waals surface area contributed by atoms with Crippen molar-refractivity contribution >= 4 is 27.1 Å². The van der Waals surface area contributed by atoms with Gasteiger partial charge in [-0.15, -0.1) is 0 Å². The predicted molar refractivity (Wildman–Crippen MR) is 89.1 cm³/mol. The Morgan fingerprint density at radius 3 is 2.91 bits per heavy atom. The van der Waals surface area contributed by atoms with Crippen molar-refractivity contribution in [2.45, 2.75) is 12.6 Å². The fourth-order valence-corrected chi connectivity index (χ4v) is 4.56. The van der Waals surface area contributed by atoms with Crippen LogP contribution in [-0.4, -0.2) is 75.0 Å². The van der Waals surface area contributed by atoms with Crippen LogP contribution in [0.2, 0.25) is 0 Å². The van der Waals surface area contributed by atoms with E-state index in [1.807, 2.05) is 0 Å². The Balaban J connectivity index is 1.60. The van der Waals surface area contributed by atoms with Gasteiger partial charge < -0.3 is 9.64 Å². The summed E-state index contributed by atoms with van der Waals surface area (Å²) < 4.78 is 28.5. The zero-order valence-corrected chi connectivity index (χ0v) is 14.8. The lowest BCUT2D eigenvalue weighted by molar-refractivity contribution is -0.128. The lowest BCUT2D eigenvalue weighted by Crippen LogP contribution is -2.36. The van der Waals surface area contributed by atoms with Crippen molar-refractivity contribution in [3.8, 4) is 0 Å². The molecule has 23 heavy (non-hydrogen) atoms. The molecule has 0 unspecified atom stereocenters. The minimum absolute atomic E-state index is 0.0194. The molecule has 0 bridgehead atoms. The molecule has 2 aliphatic heterocycles. The first kappa shape index (κ1) is 16.9. The molecule has 2 saturated heterocycles. The first-order chi connectivity index (χ1) is 10.9. The molecule has 128 valence electrons. The number of rotatable bonds is 4. The minimum Gasteiger partial charge on any atom is -0.375 e. The number of fused-ring (bicyclic) bond motifs is 1. The van der Waals surface area contributed by atoms with Crippen LogP contribution >= 0.6 is 11.3 Å². The first-order valence-electron chi connectivity index (χ1n) is 7.71. The quantitative estimate of drug-likeness (QED) is 0.782. The van der Waals surface area contributed by atoms with Crippen LogP contribution < -0.4 is 0 Å². The maximum atomic E-state index is 12.1. The Labute approximate surface area is 140 Å². The van der Waals surface area contributed by atoms with Gasteiger partial charge in [-0.25, -0.2) is 8.42 Å². The molecule has 6 nitrogen and oxygen atoms in total. The van der Waals surface area contributed by atoms with Crippen molar-refractivity contribution < 1.29 is 17.9 Å². The van der Waals surface area contributed by atoms with Crippen molar-refractivity contribution in [3.63, 3.8) is 0 Å². The third-order valence-electron chi connectivity index (χ3n) is 4.34. The number of amides is 1. The van der Waals surface area contributed by atoms with E-state index in [0.29, 0.717) is 19.7 Å². The van der Waals surface area contributed by atoms with E-state index >= 15 is 0 Å². The molecular weight excluding hydrogens is 336 g/mol. The van der Waals surface area contributed by atoms with Gasteiger partial charge in [-0.2, -0.15) is 11.3 Å². The van der Waals surface area contributed by atoms with E-state index < -0.39 is 15.6 Å².